The van der Waals surface area contributed by atoms with Crippen molar-refractivity contribution in [2.24, 2.45) is 0 Å². The summed E-state index contributed by atoms with van der Waals surface area (Å²) in [6, 6.07) is 10.4. The van der Waals surface area contributed by atoms with E-state index in [1.807, 2.05) is 18.2 Å². The Morgan fingerprint density at radius 3 is 2.35 bits per heavy atom. The Kier molecular flexibility index (Phi) is 5.60. The zero-order chi connectivity index (χ0) is 18.6. The minimum atomic E-state index is -0.131. The van der Waals surface area contributed by atoms with Gasteiger partial charge in [0.25, 0.3) is 5.91 Å². The average molecular weight is 351 g/mol. The van der Waals surface area contributed by atoms with Crippen LogP contribution < -0.4 is 10.6 Å². The maximum Gasteiger partial charge on any atom is 0.257 e. The first-order chi connectivity index (χ1) is 12.4. The Balaban J connectivity index is 1.65. The maximum atomic E-state index is 12.6. The van der Waals surface area contributed by atoms with Gasteiger partial charge in [-0.15, -0.1) is 0 Å². The molecule has 1 aromatic carbocycles. The van der Waals surface area contributed by atoms with Crippen LogP contribution in [0.3, 0.4) is 0 Å². The van der Waals surface area contributed by atoms with Gasteiger partial charge in [-0.2, -0.15) is 0 Å². The van der Waals surface area contributed by atoms with Gasteiger partial charge in [0.1, 0.15) is 0 Å². The Hall–Kier alpha value is -2.36. The van der Waals surface area contributed by atoms with Crippen molar-refractivity contribution in [3.05, 3.63) is 53.9 Å². The molecule has 0 unspecified atom stereocenters. The van der Waals surface area contributed by atoms with Gasteiger partial charge in [-0.05, 0) is 42.0 Å². The molecule has 4 nitrogen and oxygen atoms in total. The van der Waals surface area contributed by atoms with E-state index in [1.54, 1.807) is 12.4 Å². The zero-order valence-electron chi connectivity index (χ0n) is 16.0. The number of carbonyl (C=O) groups excluding carboxylic acids is 1. The average Bonchev–Trinajstić information content (AvgIpc) is 2.62. The first-order valence-corrected chi connectivity index (χ1v) is 9.55. The van der Waals surface area contributed by atoms with Crippen molar-refractivity contribution in [3.63, 3.8) is 0 Å². The van der Waals surface area contributed by atoms with Gasteiger partial charge < -0.3 is 10.6 Å². The lowest BCUT2D eigenvalue weighted by atomic mass is 9.87. The highest BCUT2D eigenvalue weighted by Crippen LogP contribution is 2.24. The second-order valence-electron chi connectivity index (χ2n) is 8.22. The van der Waals surface area contributed by atoms with E-state index in [9.17, 15) is 4.79 Å². The van der Waals surface area contributed by atoms with Crippen molar-refractivity contribution in [2.75, 3.05) is 10.6 Å². The van der Waals surface area contributed by atoms with Crippen molar-refractivity contribution in [2.45, 2.75) is 64.3 Å². The van der Waals surface area contributed by atoms with E-state index in [0.29, 0.717) is 11.6 Å². The number of pyridine rings is 1. The molecule has 0 atom stereocenters. The van der Waals surface area contributed by atoms with Crippen molar-refractivity contribution < 1.29 is 4.79 Å². The summed E-state index contributed by atoms with van der Waals surface area (Å²) in [5, 5.41) is 6.48. The number of rotatable bonds is 4. The molecule has 4 heteroatoms. The van der Waals surface area contributed by atoms with E-state index in [4.69, 9.17) is 0 Å². The molecule has 2 aromatic rings. The number of nitrogens with one attached hydrogen (secondary N) is 2. The second-order valence-corrected chi connectivity index (χ2v) is 8.22. The summed E-state index contributed by atoms with van der Waals surface area (Å²) in [5.41, 5.74) is 3.65. The number of hydrogen-bond acceptors (Lipinski definition) is 3. The van der Waals surface area contributed by atoms with E-state index in [1.165, 1.54) is 37.7 Å². The minimum Gasteiger partial charge on any atom is -0.381 e. The SMILES string of the molecule is CC(C)(C)c1ccc(NC(=O)c2cncc(NC3CCCCC3)c2)cc1. The van der Waals surface area contributed by atoms with E-state index in [-0.39, 0.29) is 11.3 Å². The molecule has 138 valence electrons. The van der Waals surface area contributed by atoms with E-state index < -0.39 is 0 Å². The van der Waals surface area contributed by atoms with Gasteiger partial charge >= 0.3 is 0 Å². The van der Waals surface area contributed by atoms with Gasteiger partial charge in [-0.3, -0.25) is 9.78 Å². The van der Waals surface area contributed by atoms with E-state index in [2.05, 4.69) is 48.5 Å². The number of hydrogen-bond donors (Lipinski definition) is 2. The molecule has 1 fully saturated rings. The fourth-order valence-electron chi connectivity index (χ4n) is 3.38. The quantitative estimate of drug-likeness (QED) is 0.778. The molecule has 1 amide bonds. The summed E-state index contributed by atoms with van der Waals surface area (Å²) >= 11 is 0. The number of carbonyl (C=O) groups is 1. The van der Waals surface area contributed by atoms with Gasteiger partial charge in [0.15, 0.2) is 0 Å². The Bertz CT molecular complexity index is 741. The highest BCUT2D eigenvalue weighted by atomic mass is 16.1. The summed E-state index contributed by atoms with van der Waals surface area (Å²) in [6.45, 7) is 6.53. The maximum absolute atomic E-state index is 12.6. The first-order valence-electron chi connectivity index (χ1n) is 9.55. The molecule has 1 aliphatic carbocycles. The summed E-state index contributed by atoms with van der Waals surface area (Å²) < 4.78 is 0. The largest absolute Gasteiger partial charge is 0.381 e. The molecule has 1 aliphatic rings. The molecule has 0 bridgehead atoms. The van der Waals surface area contributed by atoms with Gasteiger partial charge in [0, 0.05) is 24.1 Å². The highest BCUT2D eigenvalue weighted by molar-refractivity contribution is 6.04. The fourth-order valence-corrected chi connectivity index (χ4v) is 3.38. The van der Waals surface area contributed by atoms with Crippen molar-refractivity contribution in [1.29, 1.82) is 0 Å². The molecule has 0 saturated heterocycles. The van der Waals surface area contributed by atoms with Gasteiger partial charge in [-0.1, -0.05) is 52.2 Å². The number of amides is 1. The molecule has 0 spiro atoms. The number of benzene rings is 1. The minimum absolute atomic E-state index is 0.103. The van der Waals surface area contributed by atoms with Crippen LogP contribution in [-0.4, -0.2) is 16.9 Å². The molecule has 3 rings (SSSR count). The van der Waals surface area contributed by atoms with Crippen molar-refractivity contribution in [1.82, 2.24) is 4.98 Å². The Morgan fingerprint density at radius 2 is 1.69 bits per heavy atom. The molecule has 1 aromatic heterocycles. The predicted molar refractivity (Wildman–Crippen MR) is 108 cm³/mol. The van der Waals surface area contributed by atoms with Crippen LogP contribution >= 0.6 is 0 Å². The van der Waals surface area contributed by atoms with Gasteiger partial charge in [0.2, 0.25) is 0 Å². The van der Waals surface area contributed by atoms with Crippen LogP contribution in [0.2, 0.25) is 0 Å². The second kappa shape index (κ2) is 7.90. The molecular formula is C22H29N3O. The van der Waals surface area contributed by atoms with Crippen LogP contribution in [0.4, 0.5) is 11.4 Å². The van der Waals surface area contributed by atoms with Crippen LogP contribution in [0, 0.1) is 0 Å². The van der Waals surface area contributed by atoms with Crippen LogP contribution in [0.25, 0.3) is 0 Å². The first kappa shape index (κ1) is 18.4. The molecule has 0 aliphatic heterocycles. The summed E-state index contributed by atoms with van der Waals surface area (Å²) in [7, 11) is 0. The van der Waals surface area contributed by atoms with Crippen LogP contribution in [0.1, 0.15) is 68.8 Å². The Labute approximate surface area is 156 Å². The molecule has 1 saturated carbocycles. The monoisotopic (exact) mass is 351 g/mol. The number of anilines is 2. The summed E-state index contributed by atoms with van der Waals surface area (Å²) in [4.78, 5) is 16.8. The normalized spacial score (nSPS) is 15.5. The molecule has 2 N–H and O–H groups in total. The van der Waals surface area contributed by atoms with Crippen molar-refractivity contribution in [3.8, 4) is 0 Å². The third kappa shape index (κ3) is 4.84. The van der Waals surface area contributed by atoms with E-state index >= 15 is 0 Å². The molecule has 26 heavy (non-hydrogen) atoms. The summed E-state index contributed by atoms with van der Waals surface area (Å²) in [5.74, 6) is -0.131. The molecular weight excluding hydrogens is 322 g/mol. The number of nitrogens with zero attached hydrogens (tertiary/aromatic N) is 1. The standard InChI is InChI=1S/C22H29N3O/c1-22(2,3)17-9-11-19(12-10-17)25-21(26)16-13-20(15-23-14-16)24-18-7-5-4-6-8-18/h9-15,18,24H,4-8H2,1-3H3,(H,25,26). The molecule has 1 heterocycles. The van der Waals surface area contributed by atoms with Crippen LogP contribution in [-0.2, 0) is 5.41 Å². The van der Waals surface area contributed by atoms with Gasteiger partial charge in [0.05, 0.1) is 11.3 Å². The van der Waals surface area contributed by atoms with Crippen LogP contribution in [0.5, 0.6) is 0 Å². The summed E-state index contributed by atoms with van der Waals surface area (Å²) in [6.07, 6.45) is 9.67. The van der Waals surface area contributed by atoms with Gasteiger partial charge in [-0.25, -0.2) is 0 Å². The lowest BCUT2D eigenvalue weighted by molar-refractivity contribution is 0.102. The lowest BCUT2D eigenvalue weighted by Gasteiger charge is -2.23. The number of aromatic nitrogens is 1. The Morgan fingerprint density at radius 1 is 1.00 bits per heavy atom. The zero-order valence-corrected chi connectivity index (χ0v) is 16.0. The third-order valence-corrected chi connectivity index (χ3v) is 4.99. The smallest absolute Gasteiger partial charge is 0.257 e. The fraction of sp³-hybridized carbons (Fsp3) is 0.455. The predicted octanol–water partition coefficient (Wildman–Crippen LogP) is 5.38. The molecule has 0 radical (unpaired) electrons. The highest BCUT2D eigenvalue weighted by Gasteiger charge is 2.15. The van der Waals surface area contributed by atoms with E-state index in [0.717, 1.165) is 11.4 Å². The third-order valence-electron chi connectivity index (χ3n) is 4.99. The lowest BCUT2D eigenvalue weighted by Crippen LogP contribution is -2.22. The van der Waals surface area contributed by atoms with Crippen molar-refractivity contribution >= 4 is 17.3 Å². The topological polar surface area (TPSA) is 54.0 Å². The van der Waals surface area contributed by atoms with Crippen LogP contribution in [0.15, 0.2) is 42.7 Å².